The molecule has 0 amide bonds. The Kier molecular flexibility index (Phi) is 3.35. The molecule has 1 heterocycles. The van der Waals surface area contributed by atoms with E-state index in [0.717, 1.165) is 24.3 Å². The van der Waals surface area contributed by atoms with E-state index in [1.165, 1.54) is 0 Å². The highest BCUT2D eigenvalue weighted by atomic mass is 16.5. The van der Waals surface area contributed by atoms with Gasteiger partial charge >= 0.3 is 0 Å². The summed E-state index contributed by atoms with van der Waals surface area (Å²) < 4.78 is 5.36. The van der Waals surface area contributed by atoms with Crippen LogP contribution in [0.2, 0.25) is 0 Å². The molecule has 2 nitrogen and oxygen atoms in total. The molecule has 0 N–H and O–H groups in total. The van der Waals surface area contributed by atoms with Crippen LogP contribution in [0.3, 0.4) is 0 Å². The number of hydrogen-bond donors (Lipinski definition) is 0. The Morgan fingerprint density at radius 1 is 1.29 bits per heavy atom. The van der Waals surface area contributed by atoms with Crippen LogP contribution in [0.25, 0.3) is 0 Å². The predicted octanol–water partition coefficient (Wildman–Crippen LogP) is 3.88. The Bertz CT molecular complexity index is 279. The fourth-order valence-corrected chi connectivity index (χ4v) is 1.54. The zero-order valence-electron chi connectivity index (χ0n) is 9.92. The molecular weight excluding hydrogens is 174 g/mol. The zero-order valence-corrected chi connectivity index (χ0v) is 9.92. The summed E-state index contributed by atoms with van der Waals surface area (Å²) >= 11 is 0. The van der Waals surface area contributed by atoms with E-state index in [1.807, 2.05) is 0 Å². The van der Waals surface area contributed by atoms with E-state index in [2.05, 4.69) is 45.8 Å². The fourth-order valence-electron chi connectivity index (χ4n) is 1.54. The van der Waals surface area contributed by atoms with Gasteiger partial charge < -0.3 is 4.52 Å². The predicted molar refractivity (Wildman–Crippen MR) is 58.5 cm³/mol. The highest BCUT2D eigenvalue weighted by molar-refractivity contribution is 5.16. The van der Waals surface area contributed by atoms with E-state index < -0.39 is 0 Å². The first kappa shape index (κ1) is 11.3. The van der Waals surface area contributed by atoms with Crippen LogP contribution in [0, 0.1) is 0 Å². The number of rotatable bonds is 3. The van der Waals surface area contributed by atoms with Crippen molar-refractivity contribution in [3.05, 3.63) is 17.5 Å². The van der Waals surface area contributed by atoms with Crippen LogP contribution >= 0.6 is 0 Å². The molecule has 1 aromatic heterocycles. The Hall–Kier alpha value is -0.790. The fraction of sp³-hybridized carbons (Fsp3) is 0.750. The first-order valence-electron chi connectivity index (χ1n) is 5.46. The number of nitrogens with zero attached hydrogens (tertiary/aromatic N) is 1. The third-order valence-corrected chi connectivity index (χ3v) is 2.67. The quantitative estimate of drug-likeness (QED) is 0.731. The highest BCUT2D eigenvalue weighted by Crippen LogP contribution is 2.28. The normalized spacial score (nSPS) is 12.4. The van der Waals surface area contributed by atoms with E-state index in [9.17, 15) is 0 Å². The van der Waals surface area contributed by atoms with Crippen LogP contribution < -0.4 is 0 Å². The molecular formula is C12H21NO. The summed E-state index contributed by atoms with van der Waals surface area (Å²) in [4.78, 5) is 0. The standard InChI is InChI=1S/C12H21NO/c1-6-9(7-2)10-8-11(14-13-10)12(3,4)5/h8-9H,6-7H2,1-5H3. The monoisotopic (exact) mass is 195 g/mol. The molecule has 0 saturated heterocycles. The topological polar surface area (TPSA) is 26.0 Å². The summed E-state index contributed by atoms with van der Waals surface area (Å²) in [6.07, 6.45) is 2.26. The van der Waals surface area contributed by atoms with Crippen LogP contribution in [0.5, 0.6) is 0 Å². The van der Waals surface area contributed by atoms with E-state index in [1.54, 1.807) is 0 Å². The van der Waals surface area contributed by atoms with E-state index in [0.29, 0.717) is 5.92 Å². The van der Waals surface area contributed by atoms with Crippen LogP contribution in [0.4, 0.5) is 0 Å². The molecule has 0 aliphatic heterocycles. The van der Waals surface area contributed by atoms with E-state index in [-0.39, 0.29) is 5.41 Å². The maximum atomic E-state index is 5.36. The van der Waals surface area contributed by atoms with Crippen LogP contribution in [-0.2, 0) is 5.41 Å². The third-order valence-electron chi connectivity index (χ3n) is 2.67. The van der Waals surface area contributed by atoms with Crippen molar-refractivity contribution in [3.63, 3.8) is 0 Å². The minimum atomic E-state index is 0.0667. The summed E-state index contributed by atoms with van der Waals surface area (Å²) in [7, 11) is 0. The Balaban J connectivity index is 2.87. The molecule has 1 rings (SSSR count). The molecule has 0 radical (unpaired) electrons. The van der Waals surface area contributed by atoms with Crippen molar-refractivity contribution in [2.45, 2.75) is 58.8 Å². The van der Waals surface area contributed by atoms with Crippen molar-refractivity contribution in [2.75, 3.05) is 0 Å². The van der Waals surface area contributed by atoms with Crippen LogP contribution in [0.1, 0.15) is 64.8 Å². The second-order valence-corrected chi connectivity index (χ2v) is 4.88. The first-order valence-corrected chi connectivity index (χ1v) is 5.46. The van der Waals surface area contributed by atoms with Crippen molar-refractivity contribution in [1.29, 1.82) is 0 Å². The van der Waals surface area contributed by atoms with Crippen molar-refractivity contribution in [2.24, 2.45) is 0 Å². The molecule has 0 saturated carbocycles. The minimum Gasteiger partial charge on any atom is -0.361 e. The van der Waals surface area contributed by atoms with Gasteiger partial charge in [0.05, 0.1) is 5.69 Å². The molecule has 0 atom stereocenters. The van der Waals surface area contributed by atoms with Gasteiger partial charge in [-0.2, -0.15) is 0 Å². The summed E-state index contributed by atoms with van der Waals surface area (Å²) in [5.74, 6) is 1.54. The number of hydrogen-bond acceptors (Lipinski definition) is 2. The van der Waals surface area contributed by atoms with Gasteiger partial charge in [0.25, 0.3) is 0 Å². The Morgan fingerprint density at radius 2 is 1.86 bits per heavy atom. The summed E-state index contributed by atoms with van der Waals surface area (Å²) in [6.45, 7) is 10.8. The van der Waals surface area contributed by atoms with Gasteiger partial charge in [-0.25, -0.2) is 0 Å². The molecule has 0 bridgehead atoms. The molecule has 0 spiro atoms. The molecule has 80 valence electrons. The lowest BCUT2D eigenvalue weighted by atomic mass is 9.91. The Labute approximate surface area is 86.7 Å². The van der Waals surface area contributed by atoms with Crippen molar-refractivity contribution < 1.29 is 4.52 Å². The molecule has 2 heteroatoms. The summed E-state index contributed by atoms with van der Waals surface area (Å²) in [6, 6.07) is 2.11. The zero-order chi connectivity index (χ0) is 10.8. The maximum absolute atomic E-state index is 5.36. The molecule has 0 fully saturated rings. The second kappa shape index (κ2) is 4.16. The lowest BCUT2D eigenvalue weighted by Crippen LogP contribution is -2.09. The van der Waals surface area contributed by atoms with Gasteiger partial charge in [-0.3, -0.25) is 0 Å². The van der Waals surface area contributed by atoms with Gasteiger partial charge in [-0.1, -0.05) is 39.8 Å². The lowest BCUT2D eigenvalue weighted by Gasteiger charge is -2.12. The molecule has 0 aliphatic carbocycles. The van der Waals surface area contributed by atoms with Crippen molar-refractivity contribution in [3.8, 4) is 0 Å². The smallest absolute Gasteiger partial charge is 0.142 e. The maximum Gasteiger partial charge on any atom is 0.142 e. The average molecular weight is 195 g/mol. The second-order valence-electron chi connectivity index (χ2n) is 4.88. The SMILES string of the molecule is CCC(CC)c1cc(C(C)(C)C)on1. The van der Waals surface area contributed by atoms with Gasteiger partial charge in [0.15, 0.2) is 0 Å². The largest absolute Gasteiger partial charge is 0.361 e. The van der Waals surface area contributed by atoms with Crippen LogP contribution in [-0.4, -0.2) is 5.16 Å². The van der Waals surface area contributed by atoms with Crippen molar-refractivity contribution >= 4 is 0 Å². The molecule has 1 aromatic rings. The lowest BCUT2D eigenvalue weighted by molar-refractivity contribution is 0.322. The summed E-state index contributed by atoms with van der Waals surface area (Å²) in [5.41, 5.74) is 1.18. The molecule has 0 aliphatic rings. The van der Waals surface area contributed by atoms with E-state index in [4.69, 9.17) is 4.52 Å². The highest BCUT2D eigenvalue weighted by Gasteiger charge is 2.21. The van der Waals surface area contributed by atoms with Gasteiger partial charge in [-0.15, -0.1) is 0 Å². The third kappa shape index (κ3) is 2.37. The average Bonchev–Trinajstić information content (AvgIpc) is 2.54. The number of aromatic nitrogens is 1. The molecule has 0 unspecified atom stereocenters. The summed E-state index contributed by atoms with van der Waals surface area (Å²) in [5, 5.41) is 4.15. The van der Waals surface area contributed by atoms with E-state index >= 15 is 0 Å². The van der Waals surface area contributed by atoms with Crippen LogP contribution in [0.15, 0.2) is 10.6 Å². The minimum absolute atomic E-state index is 0.0667. The molecule has 14 heavy (non-hydrogen) atoms. The van der Waals surface area contributed by atoms with Gasteiger partial charge in [-0.05, 0) is 12.8 Å². The van der Waals surface area contributed by atoms with Gasteiger partial charge in [0, 0.05) is 17.4 Å². The Morgan fingerprint density at radius 3 is 2.21 bits per heavy atom. The first-order chi connectivity index (χ1) is 6.49. The van der Waals surface area contributed by atoms with Gasteiger partial charge in [0.2, 0.25) is 0 Å². The van der Waals surface area contributed by atoms with Crippen molar-refractivity contribution in [1.82, 2.24) is 5.16 Å². The van der Waals surface area contributed by atoms with Gasteiger partial charge in [0.1, 0.15) is 5.76 Å². The molecule has 0 aromatic carbocycles.